The van der Waals surface area contributed by atoms with Crippen molar-refractivity contribution in [2.75, 3.05) is 23.3 Å². The quantitative estimate of drug-likeness (QED) is 0.722. The maximum atomic E-state index is 12.9. The largest absolute Gasteiger partial charge is 0.370 e. The van der Waals surface area contributed by atoms with E-state index in [1.165, 1.54) is 6.20 Å². The van der Waals surface area contributed by atoms with Crippen molar-refractivity contribution in [3.63, 3.8) is 0 Å². The molecule has 2 atom stereocenters. The molecule has 0 aliphatic carbocycles. The van der Waals surface area contributed by atoms with Gasteiger partial charge in [-0.05, 0) is 43.5 Å². The molecule has 0 saturated carbocycles. The molecule has 140 valence electrons. The number of benzene rings is 1. The molecule has 3 heterocycles. The van der Waals surface area contributed by atoms with Gasteiger partial charge in [-0.2, -0.15) is 5.10 Å². The number of amides is 1. The molecule has 0 spiro atoms. The molecule has 1 aromatic carbocycles. The number of aromatic nitrogens is 3. The van der Waals surface area contributed by atoms with E-state index in [9.17, 15) is 4.79 Å². The number of nitrogens with one attached hydrogen (secondary N) is 1. The van der Waals surface area contributed by atoms with Crippen LogP contribution in [0, 0.1) is 5.92 Å². The van der Waals surface area contributed by atoms with Crippen molar-refractivity contribution in [1.29, 1.82) is 0 Å². The topological polar surface area (TPSA) is 88.5 Å². The van der Waals surface area contributed by atoms with E-state index in [4.69, 9.17) is 17.3 Å². The van der Waals surface area contributed by atoms with Gasteiger partial charge in [-0.25, -0.2) is 9.50 Å². The average molecular weight is 385 g/mol. The summed E-state index contributed by atoms with van der Waals surface area (Å²) in [5, 5.41) is 7.71. The minimum atomic E-state index is -0.268. The molecule has 1 fully saturated rings. The van der Waals surface area contributed by atoms with Crippen LogP contribution in [-0.4, -0.2) is 39.6 Å². The van der Waals surface area contributed by atoms with Gasteiger partial charge < -0.3 is 16.0 Å². The Kier molecular flexibility index (Phi) is 4.72. The number of halogens is 1. The zero-order valence-electron chi connectivity index (χ0n) is 15.0. The van der Waals surface area contributed by atoms with E-state index in [1.54, 1.807) is 29.0 Å². The van der Waals surface area contributed by atoms with E-state index in [-0.39, 0.29) is 11.9 Å². The summed E-state index contributed by atoms with van der Waals surface area (Å²) in [6, 6.07) is 7.45. The van der Waals surface area contributed by atoms with Gasteiger partial charge in [-0.3, -0.25) is 4.79 Å². The minimum Gasteiger partial charge on any atom is -0.370 e. The summed E-state index contributed by atoms with van der Waals surface area (Å²) < 4.78 is 1.57. The second-order valence-electron chi connectivity index (χ2n) is 6.92. The molecule has 2 aromatic heterocycles. The third-order valence-electron chi connectivity index (χ3n) is 5.04. The summed E-state index contributed by atoms with van der Waals surface area (Å²) in [6.45, 7) is 3.80. The Bertz CT molecular complexity index is 985. The predicted octanol–water partition coefficient (Wildman–Crippen LogP) is 2.81. The molecular formula is C19H21ClN6O. The first-order valence-electron chi connectivity index (χ1n) is 8.92. The molecule has 2 unspecified atom stereocenters. The Morgan fingerprint density at radius 2 is 2.30 bits per heavy atom. The molecule has 1 saturated heterocycles. The first-order chi connectivity index (χ1) is 13.0. The number of nitrogens with zero attached hydrogens (tertiary/aromatic N) is 4. The first-order valence-corrected chi connectivity index (χ1v) is 9.30. The Balaban J connectivity index is 1.62. The Labute approximate surface area is 162 Å². The number of nitrogens with two attached hydrogens (primary N) is 1. The van der Waals surface area contributed by atoms with Crippen molar-refractivity contribution in [2.45, 2.75) is 19.4 Å². The van der Waals surface area contributed by atoms with Gasteiger partial charge in [0.1, 0.15) is 5.56 Å². The van der Waals surface area contributed by atoms with Crippen LogP contribution in [0.3, 0.4) is 0 Å². The number of rotatable bonds is 4. The second kappa shape index (κ2) is 7.17. The van der Waals surface area contributed by atoms with E-state index < -0.39 is 0 Å². The summed E-state index contributed by atoms with van der Waals surface area (Å²) in [5.74, 6) is 0.170. The second-order valence-corrected chi connectivity index (χ2v) is 7.35. The molecule has 4 rings (SSSR count). The van der Waals surface area contributed by atoms with Crippen molar-refractivity contribution in [3.05, 3.63) is 53.4 Å². The molecular weight excluding hydrogens is 364 g/mol. The van der Waals surface area contributed by atoms with E-state index in [1.807, 2.05) is 19.1 Å². The number of fused-ring (bicyclic) bond motifs is 1. The Morgan fingerprint density at radius 1 is 1.44 bits per heavy atom. The molecule has 3 aromatic rings. The predicted molar refractivity (Wildman–Crippen MR) is 106 cm³/mol. The Hall–Kier alpha value is -2.64. The lowest BCUT2D eigenvalue weighted by Gasteiger charge is -2.23. The maximum Gasteiger partial charge on any atom is 0.261 e. The molecule has 27 heavy (non-hydrogen) atoms. The lowest BCUT2D eigenvalue weighted by Crippen LogP contribution is -2.30. The van der Waals surface area contributed by atoms with Crippen LogP contribution in [0.5, 0.6) is 0 Å². The van der Waals surface area contributed by atoms with Gasteiger partial charge >= 0.3 is 0 Å². The van der Waals surface area contributed by atoms with Crippen LogP contribution in [0.1, 0.15) is 23.7 Å². The van der Waals surface area contributed by atoms with Gasteiger partial charge in [0.05, 0.1) is 17.6 Å². The zero-order valence-corrected chi connectivity index (χ0v) is 15.7. The minimum absolute atomic E-state index is 0.144. The van der Waals surface area contributed by atoms with E-state index in [0.717, 1.165) is 25.2 Å². The highest BCUT2D eigenvalue weighted by Crippen LogP contribution is 2.34. The summed E-state index contributed by atoms with van der Waals surface area (Å²) in [6.07, 6.45) is 5.94. The van der Waals surface area contributed by atoms with Gasteiger partial charge in [0, 0.05) is 36.5 Å². The zero-order chi connectivity index (χ0) is 19.0. The average Bonchev–Trinajstić information content (AvgIpc) is 3.29. The highest BCUT2D eigenvalue weighted by molar-refractivity contribution is 6.31. The van der Waals surface area contributed by atoms with Crippen molar-refractivity contribution in [2.24, 2.45) is 11.7 Å². The molecule has 0 radical (unpaired) electrons. The monoisotopic (exact) mass is 384 g/mol. The van der Waals surface area contributed by atoms with Crippen molar-refractivity contribution >= 4 is 34.5 Å². The van der Waals surface area contributed by atoms with Crippen molar-refractivity contribution in [1.82, 2.24) is 14.6 Å². The van der Waals surface area contributed by atoms with E-state index >= 15 is 0 Å². The Morgan fingerprint density at radius 3 is 3.07 bits per heavy atom. The molecule has 3 N–H and O–H groups in total. The first kappa shape index (κ1) is 17.8. The van der Waals surface area contributed by atoms with Gasteiger partial charge in [-0.1, -0.05) is 11.6 Å². The highest BCUT2D eigenvalue weighted by Gasteiger charge is 2.27. The van der Waals surface area contributed by atoms with Crippen LogP contribution >= 0.6 is 11.6 Å². The summed E-state index contributed by atoms with van der Waals surface area (Å²) in [7, 11) is 0. The van der Waals surface area contributed by atoms with Crippen LogP contribution < -0.4 is 16.0 Å². The van der Waals surface area contributed by atoms with Crippen molar-refractivity contribution < 1.29 is 4.79 Å². The normalized spacial score (nSPS) is 18.0. The van der Waals surface area contributed by atoms with Gasteiger partial charge in [0.25, 0.3) is 5.91 Å². The van der Waals surface area contributed by atoms with Crippen molar-refractivity contribution in [3.8, 4) is 0 Å². The number of anilines is 2. The lowest BCUT2D eigenvalue weighted by molar-refractivity contribution is 0.102. The van der Waals surface area contributed by atoms with Crippen LogP contribution in [0.15, 0.2) is 42.9 Å². The maximum absolute atomic E-state index is 12.9. The number of hydrogen-bond acceptors (Lipinski definition) is 5. The summed E-state index contributed by atoms with van der Waals surface area (Å²) >= 11 is 6.19. The molecule has 8 heteroatoms. The van der Waals surface area contributed by atoms with E-state index in [0.29, 0.717) is 27.8 Å². The van der Waals surface area contributed by atoms with Crippen LogP contribution in [0.25, 0.3) is 5.65 Å². The van der Waals surface area contributed by atoms with Crippen LogP contribution in [0.4, 0.5) is 11.4 Å². The standard InChI is InChI=1S/C19H21ClN6O/c1-12(21)13-5-8-25(11-13)17-4-3-14(20)9-16(17)24-19(27)15-10-23-26-7-2-6-22-18(15)26/h2-4,6-7,9-10,12-13H,5,8,11,21H2,1H3,(H,24,27). The number of carbonyl (C=O) groups is 1. The molecule has 1 aliphatic rings. The molecule has 1 amide bonds. The highest BCUT2D eigenvalue weighted by atomic mass is 35.5. The number of carbonyl (C=O) groups excluding carboxylic acids is 1. The van der Waals surface area contributed by atoms with Crippen LogP contribution in [-0.2, 0) is 0 Å². The van der Waals surface area contributed by atoms with E-state index in [2.05, 4.69) is 20.3 Å². The third kappa shape index (κ3) is 3.48. The third-order valence-corrected chi connectivity index (χ3v) is 5.27. The fourth-order valence-corrected chi connectivity index (χ4v) is 3.67. The van der Waals surface area contributed by atoms with Gasteiger partial charge in [0.2, 0.25) is 0 Å². The summed E-state index contributed by atoms with van der Waals surface area (Å²) in [4.78, 5) is 19.3. The van der Waals surface area contributed by atoms with Gasteiger partial charge in [0.15, 0.2) is 5.65 Å². The molecule has 7 nitrogen and oxygen atoms in total. The lowest BCUT2D eigenvalue weighted by atomic mass is 10.0. The molecule has 0 bridgehead atoms. The molecule has 1 aliphatic heterocycles. The summed E-state index contributed by atoms with van der Waals surface area (Å²) in [5.41, 5.74) is 8.61. The smallest absolute Gasteiger partial charge is 0.261 e. The SMILES string of the molecule is CC(N)C1CCN(c2ccc(Cl)cc2NC(=O)c2cnn3cccnc23)C1. The van der Waals surface area contributed by atoms with Crippen LogP contribution in [0.2, 0.25) is 5.02 Å². The van der Waals surface area contributed by atoms with Gasteiger partial charge in [-0.15, -0.1) is 0 Å². The fraction of sp³-hybridized carbons (Fsp3) is 0.316. The fourth-order valence-electron chi connectivity index (χ4n) is 3.50. The number of hydrogen-bond donors (Lipinski definition) is 2.